The molecule has 0 spiro atoms. The van der Waals surface area contributed by atoms with Crippen LogP contribution in [-0.4, -0.2) is 15.6 Å². The smallest absolute Gasteiger partial charge is 0.215 e. The molecule has 3 heteroatoms. The summed E-state index contributed by atoms with van der Waals surface area (Å²) < 4.78 is 5.78. The molecule has 0 N–H and O–H groups in total. The Morgan fingerprint density at radius 2 is 2.14 bits per heavy atom. The van der Waals surface area contributed by atoms with E-state index in [0.717, 1.165) is 17.7 Å². The highest BCUT2D eigenvalue weighted by Gasteiger charge is 2.18. The minimum atomic E-state index is -0.607. The minimum absolute atomic E-state index is 0.607. The van der Waals surface area contributed by atoms with Crippen molar-refractivity contribution in [2.75, 3.05) is 6.61 Å². The maximum Gasteiger partial charge on any atom is 0.215 e. The molecule has 1 aromatic rings. The molecule has 75 valence electrons. The highest BCUT2D eigenvalue weighted by Crippen LogP contribution is 2.20. The highest BCUT2D eigenvalue weighted by molar-refractivity contribution is 6.51. The van der Waals surface area contributed by atoms with Gasteiger partial charge in [-0.25, -0.2) is 0 Å². The minimum Gasteiger partial charge on any atom is -0.416 e. The Labute approximate surface area is 91.8 Å². The molecular formula is C11H14ClOSi. The van der Waals surface area contributed by atoms with E-state index in [1.807, 2.05) is 18.2 Å². The first kappa shape index (κ1) is 10.2. The van der Waals surface area contributed by atoms with Crippen LogP contribution < -0.4 is 0 Å². The number of hydrogen-bond donors (Lipinski definition) is 0. The number of hydrogen-bond acceptors (Lipinski definition) is 1. The van der Waals surface area contributed by atoms with E-state index in [-0.39, 0.29) is 0 Å². The molecule has 1 aliphatic heterocycles. The van der Waals surface area contributed by atoms with E-state index >= 15 is 0 Å². The van der Waals surface area contributed by atoms with Gasteiger partial charge in [0.1, 0.15) is 0 Å². The predicted molar refractivity (Wildman–Crippen MR) is 60.9 cm³/mol. The molecule has 0 aromatic heterocycles. The Bertz CT molecular complexity index is 297. The van der Waals surface area contributed by atoms with Crippen LogP contribution in [0, 0.1) is 0 Å². The molecule has 0 saturated carbocycles. The summed E-state index contributed by atoms with van der Waals surface area (Å²) in [6.45, 7) is 0.957. The van der Waals surface area contributed by atoms with E-state index in [1.54, 1.807) is 0 Å². The molecule has 0 bridgehead atoms. The van der Waals surface area contributed by atoms with E-state index in [1.165, 1.54) is 24.4 Å². The third-order valence-electron chi connectivity index (χ3n) is 2.50. The first-order valence-corrected chi connectivity index (χ1v) is 7.27. The molecule has 0 unspecified atom stereocenters. The second kappa shape index (κ2) is 4.96. The van der Waals surface area contributed by atoms with Gasteiger partial charge in [0, 0.05) is 11.6 Å². The zero-order valence-corrected chi connectivity index (χ0v) is 9.89. The van der Waals surface area contributed by atoms with Gasteiger partial charge in [-0.2, -0.15) is 0 Å². The fourth-order valence-corrected chi connectivity index (χ4v) is 4.25. The van der Waals surface area contributed by atoms with Crippen LogP contribution in [0.25, 0.3) is 0 Å². The SMILES string of the molecule is Clc1ccccc1C[Si]1CCCCO1. The lowest BCUT2D eigenvalue weighted by molar-refractivity contribution is 0.286. The van der Waals surface area contributed by atoms with Gasteiger partial charge in [-0.3, -0.25) is 0 Å². The predicted octanol–water partition coefficient (Wildman–Crippen LogP) is 3.22. The Kier molecular flexibility index (Phi) is 3.62. The van der Waals surface area contributed by atoms with Crippen molar-refractivity contribution in [3.05, 3.63) is 34.9 Å². The van der Waals surface area contributed by atoms with Crippen LogP contribution in [-0.2, 0) is 10.5 Å². The van der Waals surface area contributed by atoms with Gasteiger partial charge in [-0.1, -0.05) is 36.2 Å². The van der Waals surface area contributed by atoms with Crippen molar-refractivity contribution in [1.29, 1.82) is 0 Å². The maximum atomic E-state index is 6.10. The molecule has 0 amide bonds. The lowest BCUT2D eigenvalue weighted by Gasteiger charge is -2.20. The average molecular weight is 226 g/mol. The Morgan fingerprint density at radius 3 is 2.86 bits per heavy atom. The van der Waals surface area contributed by atoms with Crippen molar-refractivity contribution < 1.29 is 4.43 Å². The standard InChI is InChI=1S/C11H14ClOSi/c12-11-6-2-1-5-10(11)9-14-8-4-3-7-13-14/h1-2,5-6H,3-4,7-9H2. The van der Waals surface area contributed by atoms with Gasteiger partial charge in [0.05, 0.1) is 0 Å². The van der Waals surface area contributed by atoms with Gasteiger partial charge in [0.2, 0.25) is 9.04 Å². The van der Waals surface area contributed by atoms with E-state index < -0.39 is 9.04 Å². The van der Waals surface area contributed by atoms with Crippen LogP contribution in [0.3, 0.4) is 0 Å². The number of halogens is 1. The normalized spacial score (nSPS) is 18.4. The highest BCUT2D eigenvalue weighted by atomic mass is 35.5. The third kappa shape index (κ3) is 2.59. The summed E-state index contributed by atoms with van der Waals surface area (Å²) >= 11 is 6.10. The fourth-order valence-electron chi connectivity index (χ4n) is 1.71. The Morgan fingerprint density at radius 1 is 1.29 bits per heavy atom. The third-order valence-corrected chi connectivity index (χ3v) is 5.17. The zero-order chi connectivity index (χ0) is 9.80. The van der Waals surface area contributed by atoms with Gasteiger partial charge in [0.15, 0.2) is 0 Å². The second-order valence-electron chi connectivity index (χ2n) is 3.61. The van der Waals surface area contributed by atoms with Crippen molar-refractivity contribution in [1.82, 2.24) is 0 Å². The maximum absolute atomic E-state index is 6.10. The molecule has 2 rings (SSSR count). The fraction of sp³-hybridized carbons (Fsp3) is 0.455. The molecule has 14 heavy (non-hydrogen) atoms. The second-order valence-corrected chi connectivity index (χ2v) is 6.24. The van der Waals surface area contributed by atoms with E-state index in [9.17, 15) is 0 Å². The first-order valence-electron chi connectivity index (χ1n) is 5.07. The lowest BCUT2D eigenvalue weighted by Crippen LogP contribution is -2.26. The van der Waals surface area contributed by atoms with E-state index in [2.05, 4.69) is 6.07 Å². The van der Waals surface area contributed by atoms with Crippen molar-refractivity contribution in [3.63, 3.8) is 0 Å². The van der Waals surface area contributed by atoms with Crippen molar-refractivity contribution in [2.24, 2.45) is 0 Å². The molecule has 1 saturated heterocycles. The van der Waals surface area contributed by atoms with Crippen LogP contribution in [0.15, 0.2) is 24.3 Å². The van der Waals surface area contributed by atoms with Crippen molar-refractivity contribution >= 4 is 20.6 Å². The van der Waals surface area contributed by atoms with Crippen LogP contribution >= 0.6 is 11.6 Å². The molecular weight excluding hydrogens is 212 g/mol. The summed E-state index contributed by atoms with van der Waals surface area (Å²) in [5, 5.41) is 0.888. The van der Waals surface area contributed by atoms with Gasteiger partial charge in [0.25, 0.3) is 0 Å². The summed E-state index contributed by atoms with van der Waals surface area (Å²) in [6, 6.07) is 10.4. The molecule has 0 atom stereocenters. The van der Waals surface area contributed by atoms with E-state index in [4.69, 9.17) is 16.0 Å². The quantitative estimate of drug-likeness (QED) is 0.703. The monoisotopic (exact) mass is 225 g/mol. The van der Waals surface area contributed by atoms with Crippen molar-refractivity contribution in [3.8, 4) is 0 Å². The number of rotatable bonds is 2. The Balaban J connectivity index is 1.99. The largest absolute Gasteiger partial charge is 0.416 e. The Hall–Kier alpha value is -0.313. The molecule has 1 fully saturated rings. The average Bonchev–Trinajstić information content (AvgIpc) is 2.23. The van der Waals surface area contributed by atoms with Gasteiger partial charge < -0.3 is 4.43 Å². The number of benzene rings is 1. The summed E-state index contributed by atoms with van der Waals surface area (Å²) in [7, 11) is -0.607. The van der Waals surface area contributed by atoms with Gasteiger partial charge in [-0.15, -0.1) is 0 Å². The van der Waals surface area contributed by atoms with Crippen LogP contribution in [0.4, 0.5) is 0 Å². The van der Waals surface area contributed by atoms with E-state index in [0.29, 0.717) is 0 Å². The summed E-state index contributed by atoms with van der Waals surface area (Å²) in [5.41, 5.74) is 1.25. The lowest BCUT2D eigenvalue weighted by atomic mass is 10.2. The summed E-state index contributed by atoms with van der Waals surface area (Å²) in [4.78, 5) is 0. The van der Waals surface area contributed by atoms with Gasteiger partial charge in [-0.05, 0) is 30.1 Å². The topological polar surface area (TPSA) is 9.23 Å². The summed E-state index contributed by atoms with van der Waals surface area (Å²) in [5.74, 6) is 0. The van der Waals surface area contributed by atoms with Crippen LogP contribution in [0.1, 0.15) is 18.4 Å². The van der Waals surface area contributed by atoms with Crippen LogP contribution in [0.2, 0.25) is 11.1 Å². The molecule has 1 heterocycles. The molecule has 1 aliphatic rings. The summed E-state index contributed by atoms with van der Waals surface area (Å²) in [6.07, 6.45) is 2.56. The van der Waals surface area contributed by atoms with Crippen LogP contribution in [0.5, 0.6) is 0 Å². The molecule has 1 nitrogen and oxygen atoms in total. The zero-order valence-electron chi connectivity index (χ0n) is 8.13. The molecule has 1 aromatic carbocycles. The van der Waals surface area contributed by atoms with Gasteiger partial charge >= 0.3 is 0 Å². The molecule has 0 aliphatic carbocycles. The first-order chi connectivity index (χ1) is 6.86. The van der Waals surface area contributed by atoms with Crippen molar-refractivity contribution in [2.45, 2.75) is 24.9 Å². The molecule has 1 radical (unpaired) electrons.